The molecule has 0 aliphatic carbocycles. The maximum Gasteiger partial charge on any atom is 0.0599 e. The van der Waals surface area contributed by atoms with Crippen molar-refractivity contribution >= 4 is 69.6 Å². The molecule has 0 atom stereocenters. The fourth-order valence-corrected chi connectivity index (χ4v) is 4.21. The van der Waals surface area contributed by atoms with Crippen LogP contribution in [0.3, 0.4) is 0 Å². The molecule has 0 bridgehead atoms. The Kier molecular flexibility index (Phi) is 5.03. The molecule has 0 saturated heterocycles. The summed E-state index contributed by atoms with van der Waals surface area (Å²) >= 11 is 9.31. The zero-order valence-electron chi connectivity index (χ0n) is 16.1. The Morgan fingerprint density at radius 2 is 0.833 bits per heavy atom. The Bertz CT molecular complexity index is 1250. The van der Waals surface area contributed by atoms with E-state index in [1.54, 1.807) is 0 Å². The second-order valence-electron chi connectivity index (χ2n) is 7.19. The van der Waals surface area contributed by atoms with E-state index in [1.165, 1.54) is 10.8 Å². The van der Waals surface area contributed by atoms with Gasteiger partial charge in [0.1, 0.15) is 0 Å². The number of benzene rings is 5. The first-order valence-electron chi connectivity index (χ1n) is 9.74. The number of fused-ring (bicyclic) bond motifs is 2. The van der Waals surface area contributed by atoms with Crippen molar-refractivity contribution in [3.8, 4) is 0 Å². The van der Waals surface area contributed by atoms with E-state index in [2.05, 4.69) is 96.6 Å². The predicted octanol–water partition coefficient (Wildman–Crippen LogP) is 8.06. The molecule has 0 amide bonds. The summed E-state index contributed by atoms with van der Waals surface area (Å²) in [6.45, 7) is 0. The molecule has 0 aliphatic heterocycles. The van der Waals surface area contributed by atoms with Crippen molar-refractivity contribution in [2.45, 2.75) is 9.79 Å². The van der Waals surface area contributed by atoms with E-state index in [0.29, 0.717) is 0 Å². The normalized spacial score (nSPS) is 11.0. The van der Waals surface area contributed by atoms with Crippen LogP contribution in [-0.4, -0.2) is 0 Å². The Hall–Kier alpha value is -3.08. The highest BCUT2D eigenvalue weighted by Crippen LogP contribution is 2.35. The molecule has 0 heterocycles. The molecule has 0 aromatic heterocycles. The fraction of sp³-hybridized carbons (Fsp3) is 0. The summed E-state index contributed by atoms with van der Waals surface area (Å²) in [5, 5.41) is 11.7. The third kappa shape index (κ3) is 3.60. The molecule has 2 nitrogen and oxygen atoms in total. The van der Waals surface area contributed by atoms with Gasteiger partial charge in [0, 0.05) is 31.9 Å². The first-order valence-corrected chi connectivity index (χ1v) is 10.6. The summed E-state index contributed by atoms with van der Waals surface area (Å²) in [5.41, 5.74) is 4.06. The van der Waals surface area contributed by atoms with Crippen LogP contribution in [0.2, 0.25) is 0 Å². The maximum absolute atomic E-state index is 4.65. The molecule has 0 radical (unpaired) electrons. The van der Waals surface area contributed by atoms with Crippen molar-refractivity contribution in [1.82, 2.24) is 0 Å². The largest absolute Gasteiger partial charge is 0.354 e. The van der Waals surface area contributed by atoms with Gasteiger partial charge in [-0.3, -0.25) is 0 Å². The van der Waals surface area contributed by atoms with Crippen LogP contribution in [0.4, 0.5) is 22.7 Å². The zero-order chi connectivity index (χ0) is 20.5. The molecule has 30 heavy (non-hydrogen) atoms. The molecule has 2 N–H and O–H groups in total. The van der Waals surface area contributed by atoms with Crippen LogP contribution in [0.15, 0.2) is 107 Å². The van der Waals surface area contributed by atoms with E-state index in [9.17, 15) is 0 Å². The lowest BCUT2D eigenvalue weighted by molar-refractivity contribution is 1.44. The highest BCUT2D eigenvalue weighted by Gasteiger charge is 2.08. The lowest BCUT2D eigenvalue weighted by Crippen LogP contribution is -1.95. The minimum atomic E-state index is 0.923. The van der Waals surface area contributed by atoms with Crippen LogP contribution in [0.1, 0.15) is 0 Å². The predicted molar refractivity (Wildman–Crippen MR) is 135 cm³/mol. The molecule has 5 aromatic rings. The van der Waals surface area contributed by atoms with E-state index >= 15 is 0 Å². The van der Waals surface area contributed by atoms with E-state index in [4.69, 9.17) is 0 Å². The first kappa shape index (κ1) is 18.9. The number of hydrogen-bond acceptors (Lipinski definition) is 4. The van der Waals surface area contributed by atoms with Gasteiger partial charge in [-0.1, -0.05) is 60.7 Å². The molecular weight excluding hydrogens is 404 g/mol. The molecule has 0 unspecified atom stereocenters. The van der Waals surface area contributed by atoms with Gasteiger partial charge in [0.15, 0.2) is 0 Å². The highest BCUT2D eigenvalue weighted by atomic mass is 32.1. The van der Waals surface area contributed by atoms with Crippen molar-refractivity contribution in [3.63, 3.8) is 0 Å². The molecular formula is C26H20N2S2. The summed E-state index contributed by atoms with van der Waals surface area (Å²) in [7, 11) is 0. The van der Waals surface area contributed by atoms with Crippen LogP contribution in [0.5, 0.6) is 0 Å². The fourth-order valence-electron chi connectivity index (χ4n) is 3.71. The monoisotopic (exact) mass is 424 g/mol. The van der Waals surface area contributed by atoms with Crippen LogP contribution in [-0.2, 0) is 0 Å². The lowest BCUT2D eigenvalue weighted by atomic mass is 10.1. The average molecular weight is 425 g/mol. The number of thiol groups is 2. The van der Waals surface area contributed by atoms with Gasteiger partial charge < -0.3 is 10.6 Å². The third-order valence-corrected chi connectivity index (χ3v) is 5.98. The van der Waals surface area contributed by atoms with Crippen molar-refractivity contribution in [1.29, 1.82) is 0 Å². The van der Waals surface area contributed by atoms with Crippen molar-refractivity contribution in [2.24, 2.45) is 0 Å². The SMILES string of the molecule is Sc1ccc2ccccc2c1Nc1ccc(Nc2c(S)ccc3ccccc23)cc1. The van der Waals surface area contributed by atoms with Gasteiger partial charge in [0.2, 0.25) is 0 Å². The zero-order valence-corrected chi connectivity index (χ0v) is 17.9. The van der Waals surface area contributed by atoms with Gasteiger partial charge in [0.05, 0.1) is 11.4 Å². The van der Waals surface area contributed by atoms with Crippen LogP contribution >= 0.6 is 25.3 Å². The minimum absolute atomic E-state index is 0.923. The van der Waals surface area contributed by atoms with Gasteiger partial charge in [-0.2, -0.15) is 0 Å². The van der Waals surface area contributed by atoms with E-state index in [1.807, 2.05) is 36.4 Å². The molecule has 5 rings (SSSR count). The second-order valence-corrected chi connectivity index (χ2v) is 8.15. The first-order chi connectivity index (χ1) is 14.7. The maximum atomic E-state index is 4.65. The average Bonchev–Trinajstić information content (AvgIpc) is 2.79. The van der Waals surface area contributed by atoms with E-state index < -0.39 is 0 Å². The minimum Gasteiger partial charge on any atom is -0.354 e. The third-order valence-electron chi connectivity index (χ3n) is 5.24. The molecule has 5 aromatic carbocycles. The lowest BCUT2D eigenvalue weighted by Gasteiger charge is -2.15. The summed E-state index contributed by atoms with van der Waals surface area (Å²) < 4.78 is 0. The topological polar surface area (TPSA) is 24.1 Å². The highest BCUT2D eigenvalue weighted by molar-refractivity contribution is 7.80. The summed E-state index contributed by atoms with van der Waals surface area (Å²) in [4.78, 5) is 1.85. The molecule has 0 fully saturated rings. The standard InChI is InChI=1S/C26H20N2S2/c29-23-15-9-17-5-1-3-7-21(17)25(23)27-19-11-13-20(14-12-19)28-26-22-8-4-2-6-18(22)10-16-24(26)30/h1-16,27-30H. The van der Waals surface area contributed by atoms with E-state index in [-0.39, 0.29) is 0 Å². The van der Waals surface area contributed by atoms with Gasteiger partial charge in [-0.15, -0.1) is 25.3 Å². The van der Waals surface area contributed by atoms with Crippen LogP contribution in [0.25, 0.3) is 21.5 Å². The summed E-state index contributed by atoms with van der Waals surface area (Å²) in [6, 6.07) is 33.2. The molecule has 4 heteroatoms. The Morgan fingerprint density at radius 3 is 1.27 bits per heavy atom. The van der Waals surface area contributed by atoms with Crippen molar-refractivity contribution < 1.29 is 0 Å². The molecule has 0 saturated carbocycles. The van der Waals surface area contributed by atoms with Gasteiger partial charge in [-0.05, 0) is 47.2 Å². The van der Waals surface area contributed by atoms with E-state index in [0.717, 1.165) is 43.3 Å². The van der Waals surface area contributed by atoms with Gasteiger partial charge in [-0.25, -0.2) is 0 Å². The smallest absolute Gasteiger partial charge is 0.0599 e. The Balaban J connectivity index is 1.44. The van der Waals surface area contributed by atoms with Gasteiger partial charge >= 0.3 is 0 Å². The quantitative estimate of drug-likeness (QED) is 0.219. The Morgan fingerprint density at radius 1 is 0.433 bits per heavy atom. The van der Waals surface area contributed by atoms with Crippen molar-refractivity contribution in [3.05, 3.63) is 97.1 Å². The molecule has 0 aliphatic rings. The molecule has 146 valence electrons. The second kappa shape index (κ2) is 7.98. The Labute approximate surface area is 186 Å². The summed E-state index contributed by atoms with van der Waals surface area (Å²) in [6.07, 6.45) is 0. The molecule has 0 spiro atoms. The van der Waals surface area contributed by atoms with Crippen LogP contribution < -0.4 is 10.6 Å². The number of nitrogens with one attached hydrogen (secondary N) is 2. The van der Waals surface area contributed by atoms with Crippen LogP contribution in [0, 0.1) is 0 Å². The summed E-state index contributed by atoms with van der Waals surface area (Å²) in [5.74, 6) is 0. The van der Waals surface area contributed by atoms with Crippen molar-refractivity contribution in [2.75, 3.05) is 10.6 Å². The van der Waals surface area contributed by atoms with Gasteiger partial charge in [0.25, 0.3) is 0 Å². The number of rotatable bonds is 4. The number of anilines is 4. The number of hydrogen-bond donors (Lipinski definition) is 4.